The lowest BCUT2D eigenvalue weighted by Gasteiger charge is -2.11. The zero-order valence-electron chi connectivity index (χ0n) is 18.3. The van der Waals surface area contributed by atoms with E-state index in [0.29, 0.717) is 22.4 Å². The van der Waals surface area contributed by atoms with E-state index >= 15 is 0 Å². The standard InChI is InChI=1S/C26H20BrF3N2O2/c1-16-8-17(2)10-19(9-16)15-34-24-7-6-18(12-23(24)27)11-20(14-31)25(33)32-22-5-3-4-21(13-22)26(28,29)30/h3-13H,15H2,1-2H3,(H,32,33)/b20-11+. The van der Waals surface area contributed by atoms with Crippen LogP contribution in [0.15, 0.2) is 70.7 Å². The van der Waals surface area contributed by atoms with Crippen LogP contribution in [0.4, 0.5) is 18.9 Å². The highest BCUT2D eigenvalue weighted by molar-refractivity contribution is 9.10. The maximum atomic E-state index is 12.9. The summed E-state index contributed by atoms with van der Waals surface area (Å²) in [5, 5.41) is 11.7. The van der Waals surface area contributed by atoms with Crippen LogP contribution >= 0.6 is 15.9 Å². The Morgan fingerprint density at radius 1 is 1.09 bits per heavy atom. The molecule has 0 aliphatic rings. The molecular weight excluding hydrogens is 509 g/mol. The Kier molecular flexibility index (Phi) is 7.79. The molecule has 0 fully saturated rings. The highest BCUT2D eigenvalue weighted by atomic mass is 79.9. The van der Waals surface area contributed by atoms with Crippen LogP contribution in [0.3, 0.4) is 0 Å². The van der Waals surface area contributed by atoms with Crippen molar-refractivity contribution in [2.45, 2.75) is 26.6 Å². The first kappa shape index (κ1) is 25.1. The van der Waals surface area contributed by atoms with Gasteiger partial charge in [0.1, 0.15) is 24.0 Å². The first-order valence-electron chi connectivity index (χ1n) is 10.1. The van der Waals surface area contributed by atoms with E-state index in [0.717, 1.165) is 28.8 Å². The first-order valence-corrected chi connectivity index (χ1v) is 10.9. The first-order chi connectivity index (χ1) is 16.0. The third-order valence-electron chi connectivity index (χ3n) is 4.76. The lowest BCUT2D eigenvalue weighted by Crippen LogP contribution is -2.14. The number of nitrogens with zero attached hydrogens (tertiary/aromatic N) is 1. The van der Waals surface area contributed by atoms with Gasteiger partial charge in [0.2, 0.25) is 0 Å². The molecule has 4 nitrogen and oxygen atoms in total. The second-order valence-corrected chi connectivity index (χ2v) is 8.53. The molecule has 8 heteroatoms. The largest absolute Gasteiger partial charge is 0.488 e. The molecule has 174 valence electrons. The zero-order valence-corrected chi connectivity index (χ0v) is 19.9. The maximum Gasteiger partial charge on any atom is 0.416 e. The smallest absolute Gasteiger partial charge is 0.416 e. The number of amides is 1. The Balaban J connectivity index is 1.72. The van der Waals surface area contributed by atoms with E-state index in [9.17, 15) is 23.2 Å². The van der Waals surface area contributed by atoms with E-state index < -0.39 is 17.6 Å². The van der Waals surface area contributed by atoms with E-state index in [1.54, 1.807) is 24.3 Å². The molecule has 1 amide bonds. The Morgan fingerprint density at radius 2 is 1.79 bits per heavy atom. The summed E-state index contributed by atoms with van der Waals surface area (Å²) in [6.45, 7) is 4.41. The average molecular weight is 529 g/mol. The summed E-state index contributed by atoms with van der Waals surface area (Å²) in [7, 11) is 0. The fourth-order valence-corrected chi connectivity index (χ4v) is 3.84. The number of aryl methyl sites for hydroxylation is 2. The number of anilines is 1. The SMILES string of the molecule is Cc1cc(C)cc(COc2ccc(/C=C(\C#N)C(=O)Nc3cccc(C(F)(F)F)c3)cc2Br)c1. The molecule has 0 spiro atoms. The summed E-state index contributed by atoms with van der Waals surface area (Å²) < 4.78 is 45.2. The number of alkyl halides is 3. The molecule has 1 N–H and O–H groups in total. The molecule has 0 aromatic heterocycles. The van der Waals surface area contributed by atoms with Gasteiger partial charge >= 0.3 is 6.18 Å². The van der Waals surface area contributed by atoms with E-state index in [-0.39, 0.29) is 11.3 Å². The molecule has 0 radical (unpaired) electrons. The number of ether oxygens (including phenoxy) is 1. The number of carbonyl (C=O) groups excluding carboxylic acids is 1. The lowest BCUT2D eigenvalue weighted by molar-refractivity contribution is -0.137. The predicted octanol–water partition coefficient (Wildman–Crippen LogP) is 7.21. The summed E-state index contributed by atoms with van der Waals surface area (Å²) in [5.41, 5.74) is 2.66. The van der Waals surface area contributed by atoms with Crippen LogP contribution in [0.5, 0.6) is 5.75 Å². The summed E-state index contributed by atoms with van der Waals surface area (Å²) in [5.74, 6) is -0.226. The number of rotatable bonds is 6. The van der Waals surface area contributed by atoms with Gasteiger partial charge in [-0.2, -0.15) is 18.4 Å². The molecule has 0 saturated carbocycles. The van der Waals surface area contributed by atoms with Crippen LogP contribution in [0, 0.1) is 25.2 Å². The van der Waals surface area contributed by atoms with Crippen molar-refractivity contribution in [3.05, 3.63) is 98.5 Å². The molecule has 3 aromatic carbocycles. The van der Waals surface area contributed by atoms with Crippen molar-refractivity contribution in [1.82, 2.24) is 0 Å². The van der Waals surface area contributed by atoms with Crippen LogP contribution in [0.2, 0.25) is 0 Å². The summed E-state index contributed by atoms with van der Waals surface area (Å²) in [4.78, 5) is 12.5. The van der Waals surface area contributed by atoms with Crippen molar-refractivity contribution in [2.24, 2.45) is 0 Å². The van der Waals surface area contributed by atoms with Crippen molar-refractivity contribution in [2.75, 3.05) is 5.32 Å². The van der Waals surface area contributed by atoms with Gasteiger partial charge in [-0.3, -0.25) is 4.79 Å². The van der Waals surface area contributed by atoms with Gasteiger partial charge in [0.05, 0.1) is 10.0 Å². The fraction of sp³-hybridized carbons (Fsp3) is 0.154. The molecule has 0 bridgehead atoms. The van der Waals surface area contributed by atoms with Crippen LogP contribution in [0.25, 0.3) is 6.08 Å². The molecule has 0 aliphatic carbocycles. The molecular formula is C26H20BrF3N2O2. The van der Waals surface area contributed by atoms with Gasteiger partial charge in [0.25, 0.3) is 5.91 Å². The van der Waals surface area contributed by atoms with Gasteiger partial charge in [-0.1, -0.05) is 41.5 Å². The lowest BCUT2D eigenvalue weighted by atomic mass is 10.1. The molecule has 0 aliphatic heterocycles. The number of carbonyl (C=O) groups is 1. The van der Waals surface area contributed by atoms with Crippen molar-refractivity contribution < 1.29 is 22.7 Å². The van der Waals surface area contributed by atoms with Crippen molar-refractivity contribution in [3.63, 3.8) is 0 Å². The molecule has 0 atom stereocenters. The van der Waals surface area contributed by atoms with Gasteiger partial charge in [0.15, 0.2) is 0 Å². The Labute approximate surface area is 203 Å². The summed E-state index contributed by atoms with van der Waals surface area (Å²) in [6, 6.07) is 17.2. The third kappa shape index (κ3) is 6.72. The number of halogens is 4. The normalized spacial score (nSPS) is 11.6. The van der Waals surface area contributed by atoms with E-state index in [1.165, 1.54) is 18.2 Å². The highest BCUT2D eigenvalue weighted by Gasteiger charge is 2.30. The van der Waals surface area contributed by atoms with Crippen molar-refractivity contribution >= 4 is 33.6 Å². The third-order valence-corrected chi connectivity index (χ3v) is 5.38. The molecule has 3 aromatic rings. The molecule has 0 unspecified atom stereocenters. The van der Waals surface area contributed by atoms with Crippen LogP contribution < -0.4 is 10.1 Å². The van der Waals surface area contributed by atoms with Gasteiger partial charge in [-0.25, -0.2) is 0 Å². The molecule has 34 heavy (non-hydrogen) atoms. The number of hydrogen-bond donors (Lipinski definition) is 1. The topological polar surface area (TPSA) is 62.1 Å². The van der Waals surface area contributed by atoms with Crippen molar-refractivity contribution in [3.8, 4) is 11.8 Å². The highest BCUT2D eigenvalue weighted by Crippen LogP contribution is 2.31. The van der Waals surface area contributed by atoms with Gasteiger partial charge in [0, 0.05) is 5.69 Å². The zero-order chi connectivity index (χ0) is 24.9. The summed E-state index contributed by atoms with van der Waals surface area (Å²) >= 11 is 3.43. The quantitative estimate of drug-likeness (QED) is 0.271. The minimum absolute atomic E-state index is 0.0581. The number of nitrogens with one attached hydrogen (secondary N) is 1. The van der Waals surface area contributed by atoms with Gasteiger partial charge in [-0.05, 0) is 77.3 Å². The van der Waals surface area contributed by atoms with E-state index in [4.69, 9.17) is 4.74 Å². The number of hydrogen-bond acceptors (Lipinski definition) is 3. The molecule has 0 saturated heterocycles. The molecule has 3 rings (SSSR count). The number of nitriles is 1. The summed E-state index contributed by atoms with van der Waals surface area (Å²) in [6.07, 6.45) is -3.19. The second kappa shape index (κ2) is 10.6. The fourth-order valence-electron chi connectivity index (χ4n) is 3.32. The maximum absolute atomic E-state index is 12.9. The van der Waals surface area contributed by atoms with Crippen LogP contribution in [-0.2, 0) is 17.6 Å². The Bertz CT molecular complexity index is 1270. The van der Waals surface area contributed by atoms with Crippen LogP contribution in [-0.4, -0.2) is 5.91 Å². The number of benzene rings is 3. The van der Waals surface area contributed by atoms with Gasteiger partial charge in [-0.15, -0.1) is 0 Å². The van der Waals surface area contributed by atoms with E-state index in [1.807, 2.05) is 26.0 Å². The Morgan fingerprint density at radius 3 is 2.41 bits per heavy atom. The Hall–Kier alpha value is -3.57. The average Bonchev–Trinajstić information content (AvgIpc) is 2.75. The van der Waals surface area contributed by atoms with Crippen LogP contribution in [0.1, 0.15) is 27.8 Å². The second-order valence-electron chi connectivity index (χ2n) is 7.68. The predicted molar refractivity (Wildman–Crippen MR) is 128 cm³/mol. The minimum Gasteiger partial charge on any atom is -0.488 e. The molecule has 0 heterocycles. The van der Waals surface area contributed by atoms with Gasteiger partial charge < -0.3 is 10.1 Å². The monoisotopic (exact) mass is 528 g/mol. The van der Waals surface area contributed by atoms with E-state index in [2.05, 4.69) is 27.3 Å². The minimum atomic E-state index is -4.54. The van der Waals surface area contributed by atoms with Crippen molar-refractivity contribution in [1.29, 1.82) is 5.26 Å².